The number of nitrogens with one attached hydrogen (secondary N) is 1. The highest BCUT2D eigenvalue weighted by molar-refractivity contribution is 6.06. The van der Waals surface area contributed by atoms with E-state index in [-0.39, 0.29) is 22.7 Å². The summed E-state index contributed by atoms with van der Waals surface area (Å²) in [6.07, 6.45) is 1.15. The molecule has 1 aromatic heterocycles. The van der Waals surface area contributed by atoms with E-state index in [0.717, 1.165) is 24.4 Å². The second kappa shape index (κ2) is 5.35. The first-order valence-corrected chi connectivity index (χ1v) is 5.46. The highest BCUT2D eigenvalue weighted by Gasteiger charge is 2.13. The number of carboxylic acid groups (broad SMARTS) is 1. The number of aromatic nitrogens is 1. The van der Waals surface area contributed by atoms with Gasteiger partial charge in [-0.1, -0.05) is 0 Å². The molecule has 7 heteroatoms. The predicted molar refractivity (Wildman–Crippen MR) is 67.2 cm³/mol. The van der Waals surface area contributed by atoms with Crippen LogP contribution in [0.4, 0.5) is 10.1 Å². The van der Waals surface area contributed by atoms with E-state index in [1.54, 1.807) is 0 Å². The van der Waals surface area contributed by atoms with E-state index in [9.17, 15) is 19.1 Å². The number of hydrogen-bond acceptors (Lipinski definition) is 4. The zero-order valence-electron chi connectivity index (χ0n) is 10.0. The number of phenolic OH excluding ortho intramolecular Hbond substituents is 1. The minimum Gasteiger partial charge on any atom is -0.507 e. The number of anilines is 1. The summed E-state index contributed by atoms with van der Waals surface area (Å²) < 4.78 is 13.0. The van der Waals surface area contributed by atoms with Crippen molar-refractivity contribution in [2.24, 2.45) is 0 Å². The summed E-state index contributed by atoms with van der Waals surface area (Å²) >= 11 is 0. The van der Waals surface area contributed by atoms with Gasteiger partial charge in [0.2, 0.25) is 0 Å². The molecule has 0 aliphatic heterocycles. The lowest BCUT2D eigenvalue weighted by molar-refractivity contribution is 0.0690. The number of nitrogens with zero attached hydrogens (tertiary/aromatic N) is 1. The summed E-state index contributed by atoms with van der Waals surface area (Å²) in [6, 6.07) is 5.53. The number of carboxylic acids is 1. The smallest absolute Gasteiger partial charge is 0.354 e. The number of carbonyl (C=O) groups excluding carboxylic acids is 1. The number of rotatable bonds is 3. The third-order valence-corrected chi connectivity index (χ3v) is 2.44. The van der Waals surface area contributed by atoms with Crippen molar-refractivity contribution >= 4 is 17.6 Å². The van der Waals surface area contributed by atoms with Crippen LogP contribution in [0.15, 0.2) is 36.5 Å². The number of carbonyl (C=O) groups is 2. The first-order valence-electron chi connectivity index (χ1n) is 5.46. The molecule has 6 nitrogen and oxygen atoms in total. The molecule has 0 aliphatic carbocycles. The number of halogens is 1. The van der Waals surface area contributed by atoms with Gasteiger partial charge >= 0.3 is 5.97 Å². The van der Waals surface area contributed by atoms with Crippen molar-refractivity contribution in [3.63, 3.8) is 0 Å². The number of pyridine rings is 1. The maximum atomic E-state index is 13.0. The van der Waals surface area contributed by atoms with Crippen molar-refractivity contribution in [2.45, 2.75) is 0 Å². The van der Waals surface area contributed by atoms with Gasteiger partial charge in [-0.15, -0.1) is 0 Å². The Morgan fingerprint density at radius 3 is 2.55 bits per heavy atom. The minimum atomic E-state index is -1.19. The van der Waals surface area contributed by atoms with E-state index < -0.39 is 17.7 Å². The van der Waals surface area contributed by atoms with E-state index in [1.165, 1.54) is 12.1 Å². The van der Waals surface area contributed by atoms with Gasteiger partial charge in [-0.25, -0.2) is 14.2 Å². The number of amides is 1. The van der Waals surface area contributed by atoms with Gasteiger partial charge < -0.3 is 15.5 Å². The van der Waals surface area contributed by atoms with Crippen LogP contribution < -0.4 is 5.32 Å². The summed E-state index contributed by atoms with van der Waals surface area (Å²) in [5.74, 6) is -2.94. The summed E-state index contributed by atoms with van der Waals surface area (Å²) in [5, 5.41) is 20.5. The van der Waals surface area contributed by atoms with Crippen LogP contribution in [0.25, 0.3) is 0 Å². The normalized spacial score (nSPS) is 10.1. The molecule has 1 heterocycles. The number of aromatic hydroxyl groups is 1. The van der Waals surface area contributed by atoms with Crippen molar-refractivity contribution in [1.82, 2.24) is 4.98 Å². The van der Waals surface area contributed by atoms with Crippen molar-refractivity contribution in [3.8, 4) is 5.75 Å². The number of benzene rings is 1. The Balaban J connectivity index is 2.19. The lowest BCUT2D eigenvalue weighted by Gasteiger charge is -2.06. The molecule has 0 fully saturated rings. The Morgan fingerprint density at radius 1 is 1.20 bits per heavy atom. The molecule has 3 N–H and O–H groups in total. The Labute approximate surface area is 112 Å². The van der Waals surface area contributed by atoms with Gasteiger partial charge in [-0.2, -0.15) is 0 Å². The zero-order valence-corrected chi connectivity index (χ0v) is 10.0. The van der Waals surface area contributed by atoms with Crippen molar-refractivity contribution in [2.75, 3.05) is 5.32 Å². The van der Waals surface area contributed by atoms with Gasteiger partial charge in [0.1, 0.15) is 17.3 Å². The van der Waals surface area contributed by atoms with E-state index in [4.69, 9.17) is 5.11 Å². The predicted octanol–water partition coefficient (Wildman–Crippen LogP) is 1.88. The third kappa shape index (κ3) is 2.89. The van der Waals surface area contributed by atoms with E-state index in [0.29, 0.717) is 0 Å². The Kier molecular flexibility index (Phi) is 3.60. The van der Waals surface area contributed by atoms with Gasteiger partial charge in [0.25, 0.3) is 5.91 Å². The molecule has 0 aliphatic rings. The molecular weight excluding hydrogens is 267 g/mol. The highest BCUT2D eigenvalue weighted by Crippen LogP contribution is 2.19. The SMILES string of the molecule is O=C(O)c1ccc(NC(=O)c2cc(F)ccc2O)cn1. The topological polar surface area (TPSA) is 99.5 Å². The Morgan fingerprint density at radius 2 is 1.95 bits per heavy atom. The molecule has 0 bridgehead atoms. The second-order valence-corrected chi connectivity index (χ2v) is 3.85. The fraction of sp³-hybridized carbons (Fsp3) is 0. The molecule has 0 radical (unpaired) electrons. The summed E-state index contributed by atoms with van der Waals surface area (Å²) in [4.78, 5) is 26.1. The van der Waals surface area contributed by atoms with E-state index in [1.807, 2.05) is 0 Å². The monoisotopic (exact) mass is 276 g/mol. The maximum Gasteiger partial charge on any atom is 0.354 e. The largest absolute Gasteiger partial charge is 0.507 e. The molecule has 2 rings (SSSR count). The standard InChI is InChI=1S/C13H9FN2O4/c14-7-1-4-11(17)9(5-7)12(18)16-8-2-3-10(13(19)20)15-6-8/h1-6,17H,(H,16,18)(H,19,20). The molecule has 102 valence electrons. The lowest BCUT2D eigenvalue weighted by atomic mass is 10.2. The molecule has 0 saturated heterocycles. The van der Waals surface area contributed by atoms with Crippen molar-refractivity contribution in [3.05, 3.63) is 53.6 Å². The molecule has 2 aromatic rings. The molecule has 1 aromatic carbocycles. The molecule has 1 amide bonds. The van der Waals surface area contributed by atoms with Gasteiger partial charge in [0.05, 0.1) is 17.4 Å². The summed E-state index contributed by atoms with van der Waals surface area (Å²) in [6.45, 7) is 0. The van der Waals surface area contributed by atoms with Crippen LogP contribution in [0.2, 0.25) is 0 Å². The zero-order chi connectivity index (χ0) is 14.7. The van der Waals surface area contributed by atoms with Crippen molar-refractivity contribution < 1.29 is 24.2 Å². The fourth-order valence-corrected chi connectivity index (χ4v) is 1.48. The number of hydrogen-bond donors (Lipinski definition) is 3. The van der Waals surface area contributed by atoms with E-state index in [2.05, 4.69) is 10.3 Å². The van der Waals surface area contributed by atoms with Gasteiger partial charge in [0.15, 0.2) is 0 Å². The molecule has 0 saturated carbocycles. The molecule has 0 unspecified atom stereocenters. The van der Waals surface area contributed by atoms with Crippen LogP contribution in [0.3, 0.4) is 0 Å². The number of phenols is 1. The lowest BCUT2D eigenvalue weighted by Crippen LogP contribution is -2.13. The number of aromatic carboxylic acids is 1. The quantitative estimate of drug-likeness (QED) is 0.794. The molecular formula is C13H9FN2O4. The first-order chi connectivity index (χ1) is 9.47. The third-order valence-electron chi connectivity index (χ3n) is 2.44. The molecule has 0 atom stereocenters. The van der Waals surface area contributed by atoms with Gasteiger partial charge in [0, 0.05) is 0 Å². The average Bonchev–Trinajstić information content (AvgIpc) is 2.42. The molecule has 0 spiro atoms. The van der Waals surface area contributed by atoms with Crippen LogP contribution in [-0.4, -0.2) is 27.1 Å². The minimum absolute atomic E-state index is 0.170. The van der Waals surface area contributed by atoms with E-state index >= 15 is 0 Å². The Bertz CT molecular complexity index is 671. The van der Waals surface area contributed by atoms with Crippen LogP contribution in [0, 0.1) is 5.82 Å². The fourth-order valence-electron chi connectivity index (χ4n) is 1.48. The highest BCUT2D eigenvalue weighted by atomic mass is 19.1. The summed E-state index contributed by atoms with van der Waals surface area (Å²) in [5.41, 5.74) is -0.174. The molecule has 20 heavy (non-hydrogen) atoms. The first kappa shape index (κ1) is 13.5. The van der Waals surface area contributed by atoms with Gasteiger partial charge in [-0.3, -0.25) is 4.79 Å². The van der Waals surface area contributed by atoms with Crippen LogP contribution in [0.1, 0.15) is 20.8 Å². The average molecular weight is 276 g/mol. The summed E-state index contributed by atoms with van der Waals surface area (Å²) in [7, 11) is 0. The second-order valence-electron chi connectivity index (χ2n) is 3.85. The van der Waals surface area contributed by atoms with Crippen LogP contribution in [0.5, 0.6) is 5.75 Å². The van der Waals surface area contributed by atoms with Crippen LogP contribution in [-0.2, 0) is 0 Å². The van der Waals surface area contributed by atoms with Gasteiger partial charge in [-0.05, 0) is 30.3 Å². The van der Waals surface area contributed by atoms with Crippen LogP contribution >= 0.6 is 0 Å². The maximum absolute atomic E-state index is 13.0. The van der Waals surface area contributed by atoms with Crippen molar-refractivity contribution in [1.29, 1.82) is 0 Å². The Hall–Kier alpha value is -2.96.